The van der Waals surface area contributed by atoms with Gasteiger partial charge in [-0.2, -0.15) is 0 Å². The molecule has 0 bridgehead atoms. The van der Waals surface area contributed by atoms with Crippen LogP contribution in [0.1, 0.15) is 16.7 Å². The molecule has 1 amide bonds. The summed E-state index contributed by atoms with van der Waals surface area (Å²) in [4.78, 5) is 14.6. The van der Waals surface area contributed by atoms with Gasteiger partial charge >= 0.3 is 0 Å². The molecule has 0 aliphatic carbocycles. The third kappa shape index (κ3) is 3.27. The van der Waals surface area contributed by atoms with E-state index >= 15 is 0 Å². The van der Waals surface area contributed by atoms with E-state index in [4.69, 9.17) is 11.6 Å². The molecule has 1 heterocycles. The molecule has 1 atom stereocenters. The molecule has 3 nitrogen and oxygen atoms in total. The maximum absolute atomic E-state index is 13.1. The lowest BCUT2D eigenvalue weighted by molar-refractivity contribution is -0.130. The topological polar surface area (TPSA) is 40.5 Å². The van der Waals surface area contributed by atoms with Gasteiger partial charge in [-0.1, -0.05) is 47.9 Å². The zero-order valence-electron chi connectivity index (χ0n) is 14.7. The molecule has 1 aliphatic heterocycles. The highest BCUT2D eigenvalue weighted by Gasteiger charge is 2.48. The van der Waals surface area contributed by atoms with Gasteiger partial charge in [0.1, 0.15) is 5.82 Å². The Hall–Kier alpha value is -3.13. The molecule has 0 spiro atoms. The molecule has 1 aliphatic rings. The molecular formula is C23H15ClFNO2. The first kappa shape index (κ1) is 18.2. The van der Waals surface area contributed by atoms with Crippen molar-refractivity contribution in [1.29, 1.82) is 0 Å². The van der Waals surface area contributed by atoms with E-state index < -0.39 is 11.5 Å². The molecule has 4 rings (SSSR count). The Bertz CT molecular complexity index is 1100. The first-order valence-corrected chi connectivity index (χ1v) is 9.02. The van der Waals surface area contributed by atoms with Gasteiger partial charge in [0.15, 0.2) is 0 Å². The Balaban J connectivity index is 1.72. The zero-order chi connectivity index (χ0) is 19.7. The molecule has 5 heteroatoms. The molecule has 0 saturated heterocycles. The molecule has 28 heavy (non-hydrogen) atoms. The minimum atomic E-state index is -1.96. The molecule has 3 aromatic carbocycles. The minimum absolute atomic E-state index is 0.285. The number of aliphatic hydroxyl groups is 1. The van der Waals surface area contributed by atoms with Crippen LogP contribution in [0, 0.1) is 17.7 Å². The first-order chi connectivity index (χ1) is 13.5. The van der Waals surface area contributed by atoms with Crippen LogP contribution in [0.2, 0.25) is 5.02 Å². The normalized spacial score (nSPS) is 17.8. The number of carbonyl (C=O) groups excluding carboxylic acids is 1. The monoisotopic (exact) mass is 391 g/mol. The highest BCUT2D eigenvalue weighted by Crippen LogP contribution is 2.40. The molecule has 0 radical (unpaired) electrons. The second-order valence-electron chi connectivity index (χ2n) is 6.50. The van der Waals surface area contributed by atoms with Crippen LogP contribution in [0.25, 0.3) is 0 Å². The lowest BCUT2D eigenvalue weighted by atomic mass is 9.95. The van der Waals surface area contributed by atoms with Crippen LogP contribution in [0.5, 0.6) is 0 Å². The summed E-state index contributed by atoms with van der Waals surface area (Å²) in [6.45, 7) is 0.285. The van der Waals surface area contributed by atoms with E-state index in [1.54, 1.807) is 36.4 Å². The molecule has 0 aromatic heterocycles. The van der Waals surface area contributed by atoms with Crippen molar-refractivity contribution in [3.05, 3.63) is 100 Å². The highest BCUT2D eigenvalue weighted by atomic mass is 35.5. The minimum Gasteiger partial charge on any atom is -0.366 e. The second-order valence-corrected chi connectivity index (χ2v) is 6.94. The fourth-order valence-corrected chi connectivity index (χ4v) is 3.31. The van der Waals surface area contributed by atoms with Gasteiger partial charge in [0.25, 0.3) is 5.91 Å². The predicted octanol–water partition coefficient (Wildman–Crippen LogP) is 4.27. The number of halogens is 2. The van der Waals surface area contributed by atoms with E-state index in [2.05, 4.69) is 11.8 Å². The summed E-state index contributed by atoms with van der Waals surface area (Å²) in [5, 5.41) is 11.8. The number of nitrogens with zero attached hydrogens (tertiary/aromatic N) is 1. The van der Waals surface area contributed by atoms with Crippen LogP contribution >= 0.6 is 11.6 Å². The van der Waals surface area contributed by atoms with Crippen molar-refractivity contribution >= 4 is 23.2 Å². The highest BCUT2D eigenvalue weighted by molar-refractivity contribution is 6.30. The zero-order valence-corrected chi connectivity index (χ0v) is 15.4. The summed E-state index contributed by atoms with van der Waals surface area (Å²) in [7, 11) is 0. The summed E-state index contributed by atoms with van der Waals surface area (Å²) in [6.07, 6.45) is 0. The van der Waals surface area contributed by atoms with Crippen molar-refractivity contribution in [2.75, 3.05) is 4.90 Å². The number of hydrogen-bond acceptors (Lipinski definition) is 2. The van der Waals surface area contributed by atoms with E-state index in [1.165, 1.54) is 29.2 Å². The lowest BCUT2D eigenvalue weighted by Crippen LogP contribution is -2.39. The molecule has 1 N–H and O–H groups in total. The average Bonchev–Trinajstić information content (AvgIpc) is 2.92. The van der Waals surface area contributed by atoms with E-state index in [0.29, 0.717) is 21.8 Å². The van der Waals surface area contributed by atoms with E-state index in [-0.39, 0.29) is 12.4 Å². The third-order valence-corrected chi connectivity index (χ3v) is 4.88. The summed E-state index contributed by atoms with van der Waals surface area (Å²) in [5.74, 6) is 4.59. The van der Waals surface area contributed by atoms with Gasteiger partial charge in [-0.3, -0.25) is 4.79 Å². The summed E-state index contributed by atoms with van der Waals surface area (Å²) >= 11 is 5.93. The largest absolute Gasteiger partial charge is 0.366 e. The van der Waals surface area contributed by atoms with Crippen molar-refractivity contribution in [3.8, 4) is 11.8 Å². The standard InChI is InChI=1S/C23H15ClFNO2/c24-18-9-5-17(6-10-18)15-26-21-4-2-1-3-20(21)23(28,22(26)27)14-13-16-7-11-19(25)12-8-16/h1-12,28H,15H2. The smallest absolute Gasteiger partial charge is 0.276 e. The maximum Gasteiger partial charge on any atom is 0.276 e. The number of amides is 1. The van der Waals surface area contributed by atoms with Gasteiger partial charge in [0.05, 0.1) is 12.2 Å². The Morgan fingerprint density at radius 1 is 1.00 bits per heavy atom. The van der Waals surface area contributed by atoms with Crippen LogP contribution in [0.15, 0.2) is 72.8 Å². The van der Waals surface area contributed by atoms with E-state index in [1.807, 2.05) is 12.1 Å². The number of carbonyl (C=O) groups is 1. The predicted molar refractivity (Wildman–Crippen MR) is 106 cm³/mol. The number of rotatable bonds is 2. The number of benzene rings is 3. The van der Waals surface area contributed by atoms with Gasteiger partial charge in [0.2, 0.25) is 5.60 Å². The summed E-state index contributed by atoms with van der Waals surface area (Å²) in [6, 6.07) is 19.8. The summed E-state index contributed by atoms with van der Waals surface area (Å²) < 4.78 is 13.1. The van der Waals surface area contributed by atoms with Gasteiger partial charge < -0.3 is 10.0 Å². The van der Waals surface area contributed by atoms with Crippen LogP contribution in [0.3, 0.4) is 0 Å². The Morgan fingerprint density at radius 2 is 1.68 bits per heavy atom. The van der Waals surface area contributed by atoms with Crippen molar-refractivity contribution < 1.29 is 14.3 Å². The van der Waals surface area contributed by atoms with Crippen LogP contribution in [-0.4, -0.2) is 11.0 Å². The SMILES string of the molecule is O=C1N(Cc2ccc(Cl)cc2)c2ccccc2C1(O)C#Cc1ccc(F)cc1. The molecule has 3 aromatic rings. The fraction of sp³-hybridized carbons (Fsp3) is 0.0870. The number of hydrogen-bond donors (Lipinski definition) is 1. The quantitative estimate of drug-likeness (QED) is 0.663. The van der Waals surface area contributed by atoms with Gasteiger partial charge in [-0.15, -0.1) is 0 Å². The van der Waals surface area contributed by atoms with Crippen molar-refractivity contribution in [2.24, 2.45) is 0 Å². The third-order valence-electron chi connectivity index (χ3n) is 4.63. The number of anilines is 1. The fourth-order valence-electron chi connectivity index (χ4n) is 3.18. The van der Waals surface area contributed by atoms with Gasteiger partial charge in [-0.25, -0.2) is 4.39 Å². The van der Waals surface area contributed by atoms with Crippen molar-refractivity contribution in [2.45, 2.75) is 12.1 Å². The average molecular weight is 392 g/mol. The maximum atomic E-state index is 13.1. The molecule has 0 fully saturated rings. The first-order valence-electron chi connectivity index (χ1n) is 8.64. The Kier molecular flexibility index (Phi) is 4.64. The number of fused-ring (bicyclic) bond motifs is 1. The Labute approximate surface area is 167 Å². The molecule has 0 saturated carbocycles. The van der Waals surface area contributed by atoms with Crippen LogP contribution in [-0.2, 0) is 16.9 Å². The lowest BCUT2D eigenvalue weighted by Gasteiger charge is -2.19. The van der Waals surface area contributed by atoms with Gasteiger partial charge in [0, 0.05) is 16.1 Å². The molecule has 138 valence electrons. The van der Waals surface area contributed by atoms with E-state index in [0.717, 1.165) is 5.56 Å². The van der Waals surface area contributed by atoms with Crippen molar-refractivity contribution in [1.82, 2.24) is 0 Å². The van der Waals surface area contributed by atoms with Crippen LogP contribution < -0.4 is 4.90 Å². The second kappa shape index (κ2) is 7.12. The van der Waals surface area contributed by atoms with E-state index in [9.17, 15) is 14.3 Å². The molecule has 1 unspecified atom stereocenters. The van der Waals surface area contributed by atoms with Gasteiger partial charge in [-0.05, 0) is 53.9 Å². The van der Waals surface area contributed by atoms with Crippen LogP contribution in [0.4, 0.5) is 10.1 Å². The number of para-hydroxylation sites is 1. The van der Waals surface area contributed by atoms with Crippen molar-refractivity contribution in [3.63, 3.8) is 0 Å². The summed E-state index contributed by atoms with van der Waals surface area (Å²) in [5.41, 5.74) is 0.471. The Morgan fingerprint density at radius 3 is 2.39 bits per heavy atom. The molecular weight excluding hydrogens is 377 g/mol.